The molecular formula is C14H18F3NO. The standard InChI is InChI=1S/C14H18F3NO/c1-10(2)11-4-6-12(7-5-11)13(19)8-18(3)9-14(15,16)17/h4-7,10H,8-9H2,1-3H3. The van der Waals surface area contributed by atoms with Crippen LogP contribution in [-0.4, -0.2) is 37.0 Å². The molecule has 1 rings (SSSR count). The van der Waals surface area contributed by atoms with E-state index in [1.165, 1.54) is 7.05 Å². The average molecular weight is 273 g/mol. The van der Waals surface area contributed by atoms with E-state index in [1.54, 1.807) is 12.1 Å². The van der Waals surface area contributed by atoms with Gasteiger partial charge in [0.25, 0.3) is 0 Å². The average Bonchev–Trinajstić information content (AvgIpc) is 2.26. The Labute approximate surface area is 111 Å². The van der Waals surface area contributed by atoms with Gasteiger partial charge in [-0.1, -0.05) is 38.1 Å². The Balaban J connectivity index is 2.63. The van der Waals surface area contributed by atoms with Gasteiger partial charge >= 0.3 is 6.18 Å². The topological polar surface area (TPSA) is 20.3 Å². The monoisotopic (exact) mass is 273 g/mol. The number of Topliss-reactive ketones (excluding diaryl/α,β-unsaturated/α-hetero) is 1. The van der Waals surface area contributed by atoms with E-state index in [2.05, 4.69) is 0 Å². The Hall–Kier alpha value is -1.36. The number of carbonyl (C=O) groups is 1. The van der Waals surface area contributed by atoms with Crippen molar-refractivity contribution >= 4 is 5.78 Å². The molecule has 5 heteroatoms. The number of likely N-dealkylation sites (N-methyl/N-ethyl adjacent to an activating group) is 1. The van der Waals surface area contributed by atoms with E-state index in [1.807, 2.05) is 26.0 Å². The Morgan fingerprint density at radius 3 is 2.16 bits per heavy atom. The minimum atomic E-state index is -4.28. The van der Waals surface area contributed by atoms with E-state index in [0.717, 1.165) is 10.5 Å². The summed E-state index contributed by atoms with van der Waals surface area (Å²) in [7, 11) is 1.29. The Bertz CT molecular complexity index is 423. The number of rotatable bonds is 5. The molecule has 0 fully saturated rings. The van der Waals surface area contributed by atoms with Crippen LogP contribution >= 0.6 is 0 Å². The fourth-order valence-corrected chi connectivity index (χ4v) is 1.75. The van der Waals surface area contributed by atoms with Gasteiger partial charge in [0.15, 0.2) is 5.78 Å². The highest BCUT2D eigenvalue weighted by Crippen LogP contribution is 2.17. The van der Waals surface area contributed by atoms with Crippen molar-refractivity contribution in [2.45, 2.75) is 25.9 Å². The maximum Gasteiger partial charge on any atom is 0.401 e. The van der Waals surface area contributed by atoms with E-state index < -0.39 is 12.7 Å². The molecule has 0 bridgehead atoms. The third-order valence-corrected chi connectivity index (χ3v) is 2.76. The van der Waals surface area contributed by atoms with Gasteiger partial charge in [0, 0.05) is 5.56 Å². The largest absolute Gasteiger partial charge is 0.401 e. The summed E-state index contributed by atoms with van der Waals surface area (Å²) in [4.78, 5) is 12.8. The van der Waals surface area contributed by atoms with Crippen LogP contribution in [-0.2, 0) is 0 Å². The highest BCUT2D eigenvalue weighted by Gasteiger charge is 2.29. The van der Waals surface area contributed by atoms with E-state index in [9.17, 15) is 18.0 Å². The Morgan fingerprint density at radius 2 is 1.74 bits per heavy atom. The number of hydrogen-bond donors (Lipinski definition) is 0. The van der Waals surface area contributed by atoms with Crippen molar-refractivity contribution < 1.29 is 18.0 Å². The number of halogens is 3. The molecule has 19 heavy (non-hydrogen) atoms. The molecule has 0 amide bonds. The lowest BCUT2D eigenvalue weighted by Gasteiger charge is -2.17. The summed E-state index contributed by atoms with van der Waals surface area (Å²) in [6, 6.07) is 7.00. The van der Waals surface area contributed by atoms with Gasteiger partial charge < -0.3 is 0 Å². The number of benzene rings is 1. The smallest absolute Gasteiger partial charge is 0.293 e. The summed E-state index contributed by atoms with van der Waals surface area (Å²) in [5, 5.41) is 0. The maximum atomic E-state index is 12.1. The number of carbonyl (C=O) groups excluding carboxylic acids is 1. The van der Waals surface area contributed by atoms with Crippen LogP contribution in [0.2, 0.25) is 0 Å². The number of nitrogens with zero attached hydrogens (tertiary/aromatic N) is 1. The molecular weight excluding hydrogens is 255 g/mol. The second-order valence-electron chi connectivity index (χ2n) is 4.99. The second kappa shape index (κ2) is 6.19. The first-order chi connectivity index (χ1) is 8.69. The van der Waals surface area contributed by atoms with E-state index in [4.69, 9.17) is 0 Å². The van der Waals surface area contributed by atoms with Crippen LogP contribution in [0.25, 0.3) is 0 Å². The van der Waals surface area contributed by atoms with E-state index in [0.29, 0.717) is 11.5 Å². The summed E-state index contributed by atoms with van der Waals surface area (Å²) >= 11 is 0. The van der Waals surface area contributed by atoms with Gasteiger partial charge in [0.05, 0.1) is 13.1 Å². The molecule has 0 heterocycles. The Morgan fingerprint density at radius 1 is 1.21 bits per heavy atom. The van der Waals surface area contributed by atoms with Crippen molar-refractivity contribution in [3.05, 3.63) is 35.4 Å². The molecule has 0 saturated carbocycles. The van der Waals surface area contributed by atoms with Gasteiger partial charge in [-0.2, -0.15) is 13.2 Å². The fraction of sp³-hybridized carbons (Fsp3) is 0.500. The summed E-state index contributed by atoms with van der Waals surface area (Å²) in [6.45, 7) is 2.76. The molecule has 1 aromatic rings. The zero-order valence-corrected chi connectivity index (χ0v) is 11.3. The van der Waals surface area contributed by atoms with Crippen LogP contribution in [0.5, 0.6) is 0 Å². The van der Waals surface area contributed by atoms with E-state index in [-0.39, 0.29) is 12.3 Å². The van der Waals surface area contributed by atoms with Crippen molar-refractivity contribution in [2.24, 2.45) is 0 Å². The number of hydrogen-bond acceptors (Lipinski definition) is 2. The molecule has 0 radical (unpaired) electrons. The first-order valence-corrected chi connectivity index (χ1v) is 6.07. The molecule has 0 aliphatic rings. The van der Waals surface area contributed by atoms with Crippen molar-refractivity contribution in [3.63, 3.8) is 0 Å². The molecule has 0 saturated heterocycles. The summed E-state index contributed by atoms with van der Waals surface area (Å²) in [5.41, 5.74) is 1.54. The molecule has 0 spiro atoms. The minimum absolute atomic E-state index is 0.236. The predicted octanol–water partition coefficient (Wildman–Crippen LogP) is 3.49. The summed E-state index contributed by atoms with van der Waals surface area (Å²) in [6.07, 6.45) is -4.28. The first-order valence-electron chi connectivity index (χ1n) is 6.07. The van der Waals surface area contributed by atoms with Crippen molar-refractivity contribution in [3.8, 4) is 0 Å². The SMILES string of the molecule is CC(C)c1ccc(C(=O)CN(C)CC(F)(F)F)cc1. The van der Waals surface area contributed by atoms with Crippen molar-refractivity contribution in [1.29, 1.82) is 0 Å². The van der Waals surface area contributed by atoms with E-state index >= 15 is 0 Å². The zero-order chi connectivity index (χ0) is 14.6. The molecule has 0 aliphatic carbocycles. The minimum Gasteiger partial charge on any atom is -0.293 e. The van der Waals surface area contributed by atoms with Crippen LogP contribution in [0, 0.1) is 0 Å². The van der Waals surface area contributed by atoms with Crippen LogP contribution in [0.1, 0.15) is 35.7 Å². The van der Waals surface area contributed by atoms with Crippen LogP contribution in [0.15, 0.2) is 24.3 Å². The van der Waals surface area contributed by atoms with Crippen LogP contribution in [0.4, 0.5) is 13.2 Å². The third kappa shape index (κ3) is 5.42. The Kier molecular flexibility index (Phi) is 5.11. The van der Waals surface area contributed by atoms with Crippen LogP contribution in [0.3, 0.4) is 0 Å². The summed E-state index contributed by atoms with van der Waals surface area (Å²) in [5.74, 6) is 0.0547. The quantitative estimate of drug-likeness (QED) is 0.765. The van der Waals surface area contributed by atoms with Gasteiger partial charge in [-0.15, -0.1) is 0 Å². The fourth-order valence-electron chi connectivity index (χ4n) is 1.75. The normalized spacial score (nSPS) is 12.2. The second-order valence-corrected chi connectivity index (χ2v) is 4.99. The van der Waals surface area contributed by atoms with Gasteiger partial charge in [-0.25, -0.2) is 0 Å². The highest BCUT2D eigenvalue weighted by molar-refractivity contribution is 5.97. The lowest BCUT2D eigenvalue weighted by molar-refractivity contribution is -0.141. The number of alkyl halides is 3. The predicted molar refractivity (Wildman–Crippen MR) is 68.4 cm³/mol. The molecule has 0 aromatic heterocycles. The molecule has 2 nitrogen and oxygen atoms in total. The lowest BCUT2D eigenvalue weighted by Crippen LogP contribution is -2.34. The van der Waals surface area contributed by atoms with Gasteiger partial charge in [-0.3, -0.25) is 9.69 Å². The van der Waals surface area contributed by atoms with Crippen molar-refractivity contribution in [2.75, 3.05) is 20.1 Å². The van der Waals surface area contributed by atoms with Gasteiger partial charge in [0.1, 0.15) is 0 Å². The highest BCUT2D eigenvalue weighted by atomic mass is 19.4. The molecule has 0 unspecified atom stereocenters. The van der Waals surface area contributed by atoms with Gasteiger partial charge in [-0.05, 0) is 18.5 Å². The van der Waals surface area contributed by atoms with Gasteiger partial charge in [0.2, 0.25) is 0 Å². The molecule has 0 atom stereocenters. The molecule has 0 N–H and O–H groups in total. The maximum absolute atomic E-state index is 12.1. The molecule has 1 aromatic carbocycles. The zero-order valence-electron chi connectivity index (χ0n) is 11.3. The third-order valence-electron chi connectivity index (χ3n) is 2.76. The molecule has 0 aliphatic heterocycles. The molecule has 106 valence electrons. The number of ketones is 1. The van der Waals surface area contributed by atoms with Crippen molar-refractivity contribution in [1.82, 2.24) is 4.90 Å². The first kappa shape index (κ1) is 15.7. The lowest BCUT2D eigenvalue weighted by atomic mass is 10.0. The van der Waals surface area contributed by atoms with Crippen LogP contribution < -0.4 is 0 Å². The summed E-state index contributed by atoms with van der Waals surface area (Å²) < 4.78 is 36.4.